The molecule has 2 rings (SSSR count). The Morgan fingerprint density at radius 3 is 2.70 bits per heavy atom. The maximum absolute atomic E-state index is 12.6. The van der Waals surface area contributed by atoms with Gasteiger partial charge in [0.05, 0.1) is 19.1 Å². The Hall–Kier alpha value is -0.750. The van der Waals surface area contributed by atoms with Crippen LogP contribution in [0.2, 0.25) is 0 Å². The van der Waals surface area contributed by atoms with E-state index in [1.165, 1.54) is 0 Å². The summed E-state index contributed by atoms with van der Waals surface area (Å²) in [5, 5.41) is 0. The second-order valence-corrected chi connectivity index (χ2v) is 6.45. The zero-order valence-electron chi connectivity index (χ0n) is 12.3. The molecule has 2 aliphatic rings. The van der Waals surface area contributed by atoms with Crippen molar-refractivity contribution in [3.63, 3.8) is 0 Å². The molecule has 2 aliphatic heterocycles. The fourth-order valence-electron chi connectivity index (χ4n) is 2.70. The highest BCUT2D eigenvalue weighted by Crippen LogP contribution is 2.25. The number of carbonyl (C=O) groups is 2. The summed E-state index contributed by atoms with van der Waals surface area (Å²) in [5.74, 6) is 1.60. The van der Waals surface area contributed by atoms with E-state index in [4.69, 9.17) is 4.74 Å². The Morgan fingerprint density at radius 1 is 1.35 bits per heavy atom. The molecule has 0 spiro atoms. The third-order valence-corrected chi connectivity index (χ3v) is 4.93. The zero-order chi connectivity index (χ0) is 14.5. The second-order valence-electron chi connectivity index (χ2n) is 5.45. The van der Waals surface area contributed by atoms with Crippen LogP contribution < -0.4 is 0 Å². The lowest BCUT2D eigenvalue weighted by molar-refractivity contribution is -0.147. The van der Waals surface area contributed by atoms with Gasteiger partial charge in [0.25, 0.3) is 0 Å². The Morgan fingerprint density at radius 2 is 2.05 bits per heavy atom. The van der Waals surface area contributed by atoms with Gasteiger partial charge < -0.3 is 14.5 Å². The van der Waals surface area contributed by atoms with Gasteiger partial charge in [-0.25, -0.2) is 0 Å². The van der Waals surface area contributed by atoms with Crippen LogP contribution in [0.15, 0.2) is 0 Å². The number of morpholine rings is 1. The van der Waals surface area contributed by atoms with Crippen LogP contribution in [0, 0.1) is 5.92 Å². The van der Waals surface area contributed by atoms with Gasteiger partial charge in [0.1, 0.15) is 6.04 Å². The van der Waals surface area contributed by atoms with E-state index in [1.54, 1.807) is 16.7 Å². The van der Waals surface area contributed by atoms with Crippen LogP contribution in [0.5, 0.6) is 0 Å². The Bertz CT molecular complexity index is 358. The van der Waals surface area contributed by atoms with Crippen LogP contribution in [-0.2, 0) is 14.3 Å². The standard InChI is InChI=1S/C14H24N2O3S/c1-3-4-11(2)13(17)16-10-20-9-12(16)14(18)15-5-7-19-8-6-15/h11-12H,3-10H2,1-2H3/t11-,12-/m0/s1. The van der Waals surface area contributed by atoms with Crippen LogP contribution in [0.1, 0.15) is 26.7 Å². The van der Waals surface area contributed by atoms with Crippen molar-refractivity contribution in [2.24, 2.45) is 5.92 Å². The van der Waals surface area contributed by atoms with Crippen LogP contribution >= 0.6 is 11.8 Å². The van der Waals surface area contributed by atoms with Crippen molar-refractivity contribution in [1.29, 1.82) is 0 Å². The minimum Gasteiger partial charge on any atom is -0.378 e. The summed E-state index contributed by atoms with van der Waals surface area (Å²) in [5.41, 5.74) is 0. The quantitative estimate of drug-likeness (QED) is 0.782. The summed E-state index contributed by atoms with van der Waals surface area (Å²) in [7, 11) is 0. The van der Waals surface area contributed by atoms with Crippen LogP contribution in [0.3, 0.4) is 0 Å². The number of thioether (sulfide) groups is 1. The summed E-state index contributed by atoms with van der Waals surface area (Å²) < 4.78 is 5.28. The zero-order valence-corrected chi connectivity index (χ0v) is 13.2. The Balaban J connectivity index is 1.99. The third kappa shape index (κ3) is 3.47. The molecule has 2 fully saturated rings. The summed E-state index contributed by atoms with van der Waals surface area (Å²) in [6.07, 6.45) is 1.88. The highest BCUT2D eigenvalue weighted by atomic mass is 32.2. The molecule has 0 aromatic carbocycles. The van der Waals surface area contributed by atoms with Crippen LogP contribution in [0.4, 0.5) is 0 Å². The molecule has 20 heavy (non-hydrogen) atoms. The van der Waals surface area contributed by atoms with Gasteiger partial charge in [-0.3, -0.25) is 9.59 Å². The maximum Gasteiger partial charge on any atom is 0.246 e. The lowest BCUT2D eigenvalue weighted by Gasteiger charge is -2.33. The molecule has 0 aromatic rings. The molecule has 2 atom stereocenters. The molecule has 0 bridgehead atoms. The highest BCUT2D eigenvalue weighted by Gasteiger charge is 2.38. The number of rotatable bonds is 4. The first kappa shape index (κ1) is 15.6. The first-order valence-corrected chi connectivity index (χ1v) is 8.55. The minimum absolute atomic E-state index is 0.0127. The van der Waals surface area contributed by atoms with E-state index in [0.29, 0.717) is 32.2 Å². The molecule has 2 saturated heterocycles. The van der Waals surface area contributed by atoms with Crippen molar-refractivity contribution in [2.45, 2.75) is 32.7 Å². The number of amides is 2. The predicted octanol–water partition coefficient (Wildman–Crippen LogP) is 1.18. The topological polar surface area (TPSA) is 49.9 Å². The maximum atomic E-state index is 12.6. The van der Waals surface area contributed by atoms with Gasteiger partial charge in [-0.2, -0.15) is 0 Å². The average Bonchev–Trinajstić information content (AvgIpc) is 2.96. The van der Waals surface area contributed by atoms with Crippen molar-refractivity contribution in [3.05, 3.63) is 0 Å². The van der Waals surface area contributed by atoms with Gasteiger partial charge in [-0.05, 0) is 6.42 Å². The summed E-state index contributed by atoms with van der Waals surface area (Å²) >= 11 is 1.67. The molecule has 114 valence electrons. The van der Waals surface area contributed by atoms with Crippen LogP contribution in [0.25, 0.3) is 0 Å². The van der Waals surface area contributed by atoms with E-state index in [2.05, 4.69) is 6.92 Å². The normalized spacial score (nSPS) is 24.8. The number of hydrogen-bond donors (Lipinski definition) is 0. The van der Waals surface area contributed by atoms with Crippen molar-refractivity contribution in [2.75, 3.05) is 37.9 Å². The third-order valence-electron chi connectivity index (χ3n) is 3.92. The average molecular weight is 300 g/mol. The smallest absolute Gasteiger partial charge is 0.246 e. The summed E-state index contributed by atoms with van der Waals surface area (Å²) in [4.78, 5) is 28.6. The number of hydrogen-bond acceptors (Lipinski definition) is 4. The minimum atomic E-state index is -0.273. The largest absolute Gasteiger partial charge is 0.378 e. The number of ether oxygens (including phenoxy) is 1. The molecule has 0 saturated carbocycles. The highest BCUT2D eigenvalue weighted by molar-refractivity contribution is 7.99. The Labute approximate surface area is 125 Å². The SMILES string of the molecule is CCC[C@H](C)C(=O)N1CSC[C@H]1C(=O)N1CCOCC1. The van der Waals surface area contributed by atoms with Gasteiger partial charge in [-0.15, -0.1) is 11.8 Å². The predicted molar refractivity (Wildman–Crippen MR) is 79.4 cm³/mol. The fraction of sp³-hybridized carbons (Fsp3) is 0.857. The van der Waals surface area contributed by atoms with Gasteiger partial charge in [-0.1, -0.05) is 20.3 Å². The molecular formula is C14H24N2O3S. The first-order chi connectivity index (χ1) is 9.65. The second kappa shape index (κ2) is 7.31. The molecule has 0 aliphatic carbocycles. The lowest BCUT2D eigenvalue weighted by Crippen LogP contribution is -2.52. The summed E-state index contributed by atoms with van der Waals surface area (Å²) in [6.45, 7) is 6.54. The van der Waals surface area contributed by atoms with Gasteiger partial charge >= 0.3 is 0 Å². The molecule has 0 radical (unpaired) electrons. The van der Waals surface area contributed by atoms with E-state index in [9.17, 15) is 9.59 Å². The molecule has 5 nitrogen and oxygen atoms in total. The molecule has 0 unspecified atom stereocenters. The number of carbonyl (C=O) groups excluding carboxylic acids is 2. The molecule has 0 aromatic heterocycles. The van der Waals surface area contributed by atoms with Crippen molar-refractivity contribution < 1.29 is 14.3 Å². The fourth-order valence-corrected chi connectivity index (χ4v) is 3.85. The van der Waals surface area contributed by atoms with E-state index in [1.807, 2.05) is 11.8 Å². The molecule has 6 heteroatoms. The van der Waals surface area contributed by atoms with Crippen molar-refractivity contribution in [1.82, 2.24) is 9.80 Å². The molecule has 0 N–H and O–H groups in total. The van der Waals surface area contributed by atoms with Crippen molar-refractivity contribution >= 4 is 23.6 Å². The summed E-state index contributed by atoms with van der Waals surface area (Å²) in [6, 6.07) is -0.273. The molecule has 2 heterocycles. The van der Waals surface area contributed by atoms with Crippen molar-refractivity contribution in [3.8, 4) is 0 Å². The van der Waals surface area contributed by atoms with Gasteiger partial charge in [0.2, 0.25) is 11.8 Å². The monoisotopic (exact) mass is 300 g/mol. The van der Waals surface area contributed by atoms with E-state index in [-0.39, 0.29) is 23.8 Å². The van der Waals surface area contributed by atoms with E-state index < -0.39 is 0 Å². The molecule has 2 amide bonds. The van der Waals surface area contributed by atoms with E-state index >= 15 is 0 Å². The van der Waals surface area contributed by atoms with Gasteiger partial charge in [0, 0.05) is 24.8 Å². The number of nitrogens with zero attached hydrogens (tertiary/aromatic N) is 2. The Kier molecular flexibility index (Phi) is 5.72. The lowest BCUT2D eigenvalue weighted by atomic mass is 10.0. The van der Waals surface area contributed by atoms with Gasteiger partial charge in [0.15, 0.2) is 0 Å². The van der Waals surface area contributed by atoms with E-state index in [0.717, 1.165) is 18.6 Å². The molecular weight excluding hydrogens is 276 g/mol. The van der Waals surface area contributed by atoms with Crippen LogP contribution in [-0.4, -0.2) is 65.6 Å². The first-order valence-electron chi connectivity index (χ1n) is 7.40.